The number of para-hydroxylation sites is 2. The van der Waals surface area contributed by atoms with Gasteiger partial charge in [0.15, 0.2) is 0 Å². The minimum absolute atomic E-state index is 0.0534. The summed E-state index contributed by atoms with van der Waals surface area (Å²) in [5, 5.41) is 0. The van der Waals surface area contributed by atoms with Crippen LogP contribution in [0, 0.1) is 5.82 Å². The molecule has 0 aromatic heterocycles. The Morgan fingerprint density at radius 3 is 2.23 bits per heavy atom. The number of ether oxygens (including phenoxy) is 1. The molecule has 22 heavy (non-hydrogen) atoms. The van der Waals surface area contributed by atoms with Gasteiger partial charge in [0.05, 0.1) is 12.8 Å². The van der Waals surface area contributed by atoms with Crippen molar-refractivity contribution in [2.75, 3.05) is 18.5 Å². The SMILES string of the molecule is COc1ccccc1N(C)S(=O)(=O)c1c(Br)cc(F)cc1Br. The molecule has 2 aromatic carbocycles. The van der Waals surface area contributed by atoms with Crippen molar-refractivity contribution in [1.29, 1.82) is 0 Å². The number of rotatable bonds is 4. The van der Waals surface area contributed by atoms with Crippen LogP contribution in [0.15, 0.2) is 50.2 Å². The number of anilines is 1. The summed E-state index contributed by atoms with van der Waals surface area (Å²) in [6.07, 6.45) is 0. The van der Waals surface area contributed by atoms with Gasteiger partial charge >= 0.3 is 0 Å². The first-order valence-electron chi connectivity index (χ1n) is 6.05. The van der Waals surface area contributed by atoms with Crippen LogP contribution < -0.4 is 9.04 Å². The fraction of sp³-hybridized carbons (Fsp3) is 0.143. The molecule has 0 aliphatic carbocycles. The van der Waals surface area contributed by atoms with E-state index in [1.807, 2.05) is 0 Å². The summed E-state index contributed by atoms with van der Waals surface area (Å²) in [4.78, 5) is -0.0534. The van der Waals surface area contributed by atoms with Gasteiger partial charge in [-0.2, -0.15) is 0 Å². The second kappa shape index (κ2) is 6.55. The molecule has 0 aliphatic heterocycles. The molecule has 2 rings (SSSR count). The van der Waals surface area contributed by atoms with Crippen molar-refractivity contribution in [2.24, 2.45) is 0 Å². The molecule has 0 saturated carbocycles. The predicted octanol–water partition coefficient (Wildman–Crippen LogP) is 4.18. The lowest BCUT2D eigenvalue weighted by Gasteiger charge is -2.22. The lowest BCUT2D eigenvalue weighted by molar-refractivity contribution is 0.416. The molecule has 0 saturated heterocycles. The van der Waals surface area contributed by atoms with E-state index < -0.39 is 15.8 Å². The van der Waals surface area contributed by atoms with E-state index in [-0.39, 0.29) is 13.8 Å². The number of hydrogen-bond donors (Lipinski definition) is 0. The lowest BCUT2D eigenvalue weighted by Crippen LogP contribution is -2.27. The molecule has 0 N–H and O–H groups in total. The van der Waals surface area contributed by atoms with Crippen LogP contribution in [0.25, 0.3) is 0 Å². The average Bonchev–Trinajstić information content (AvgIpc) is 2.44. The maximum absolute atomic E-state index is 13.4. The highest BCUT2D eigenvalue weighted by molar-refractivity contribution is 9.11. The van der Waals surface area contributed by atoms with Crippen molar-refractivity contribution in [3.05, 3.63) is 51.2 Å². The summed E-state index contributed by atoms with van der Waals surface area (Å²) >= 11 is 6.21. The summed E-state index contributed by atoms with van der Waals surface area (Å²) in [6, 6.07) is 8.95. The van der Waals surface area contributed by atoms with Crippen LogP contribution in [0.4, 0.5) is 10.1 Å². The van der Waals surface area contributed by atoms with E-state index in [2.05, 4.69) is 31.9 Å². The topological polar surface area (TPSA) is 46.6 Å². The summed E-state index contributed by atoms with van der Waals surface area (Å²) in [5.74, 6) is -0.124. The molecule has 4 nitrogen and oxygen atoms in total. The van der Waals surface area contributed by atoms with E-state index in [0.717, 1.165) is 16.4 Å². The molecule has 0 unspecified atom stereocenters. The summed E-state index contributed by atoms with van der Waals surface area (Å²) in [5.41, 5.74) is 0.383. The molecular formula is C14H12Br2FNO3S. The molecule has 0 heterocycles. The Bertz CT molecular complexity index is 788. The largest absolute Gasteiger partial charge is 0.495 e. The van der Waals surface area contributed by atoms with Gasteiger partial charge in [-0.25, -0.2) is 12.8 Å². The fourth-order valence-corrected chi connectivity index (χ4v) is 5.58. The molecule has 0 bridgehead atoms. The van der Waals surface area contributed by atoms with Crippen molar-refractivity contribution < 1.29 is 17.5 Å². The summed E-state index contributed by atoms with van der Waals surface area (Å²) in [7, 11) is -1.04. The zero-order valence-electron chi connectivity index (χ0n) is 11.7. The third kappa shape index (κ3) is 3.13. The van der Waals surface area contributed by atoms with Gasteiger partial charge in [-0.1, -0.05) is 12.1 Å². The number of sulfonamides is 1. The van der Waals surface area contributed by atoms with Crippen LogP contribution in [0.2, 0.25) is 0 Å². The van der Waals surface area contributed by atoms with Gasteiger partial charge in [0.2, 0.25) is 0 Å². The number of methoxy groups -OCH3 is 1. The number of hydrogen-bond acceptors (Lipinski definition) is 3. The molecule has 118 valence electrons. The third-order valence-electron chi connectivity index (χ3n) is 3.01. The molecular weight excluding hydrogens is 441 g/mol. The van der Waals surface area contributed by atoms with E-state index in [9.17, 15) is 12.8 Å². The minimum Gasteiger partial charge on any atom is -0.495 e. The first-order chi connectivity index (χ1) is 10.3. The zero-order valence-corrected chi connectivity index (χ0v) is 15.7. The van der Waals surface area contributed by atoms with Crippen LogP contribution >= 0.6 is 31.9 Å². The standard InChI is InChI=1S/C14H12Br2FNO3S/c1-18(12-5-3-4-6-13(12)21-2)22(19,20)14-10(15)7-9(17)8-11(14)16/h3-8H,1-2H3. The second-order valence-corrected chi connectivity index (χ2v) is 7.96. The minimum atomic E-state index is -3.91. The van der Waals surface area contributed by atoms with Gasteiger partial charge in [0, 0.05) is 16.0 Å². The first-order valence-corrected chi connectivity index (χ1v) is 9.08. The highest BCUT2D eigenvalue weighted by Gasteiger charge is 2.28. The Morgan fingerprint density at radius 2 is 1.68 bits per heavy atom. The fourth-order valence-electron chi connectivity index (χ4n) is 1.93. The first kappa shape index (κ1) is 17.2. The van der Waals surface area contributed by atoms with Crippen LogP contribution in [0.3, 0.4) is 0 Å². The Hall–Kier alpha value is -1.12. The van der Waals surface area contributed by atoms with E-state index >= 15 is 0 Å². The maximum atomic E-state index is 13.4. The summed E-state index contributed by atoms with van der Waals surface area (Å²) < 4.78 is 45.6. The molecule has 0 spiro atoms. The molecule has 0 radical (unpaired) electrons. The van der Waals surface area contributed by atoms with Gasteiger partial charge < -0.3 is 4.74 Å². The average molecular weight is 453 g/mol. The Balaban J connectivity index is 2.60. The maximum Gasteiger partial charge on any atom is 0.266 e. The van der Waals surface area contributed by atoms with E-state index in [0.29, 0.717) is 11.4 Å². The number of nitrogens with zero attached hydrogens (tertiary/aromatic N) is 1. The lowest BCUT2D eigenvalue weighted by atomic mass is 10.3. The van der Waals surface area contributed by atoms with Crippen molar-refractivity contribution >= 4 is 47.6 Å². The van der Waals surface area contributed by atoms with E-state index in [1.54, 1.807) is 24.3 Å². The quantitative estimate of drug-likeness (QED) is 0.698. The van der Waals surface area contributed by atoms with Crippen molar-refractivity contribution in [2.45, 2.75) is 4.90 Å². The van der Waals surface area contributed by atoms with Crippen LogP contribution in [0.5, 0.6) is 5.75 Å². The highest BCUT2D eigenvalue weighted by atomic mass is 79.9. The molecule has 2 aromatic rings. The van der Waals surface area contributed by atoms with Gasteiger partial charge in [-0.15, -0.1) is 0 Å². The second-order valence-electron chi connectivity index (χ2n) is 4.34. The van der Waals surface area contributed by atoms with Gasteiger partial charge in [-0.05, 0) is 56.1 Å². The number of benzene rings is 2. The zero-order chi connectivity index (χ0) is 16.5. The number of halogens is 3. The highest BCUT2D eigenvalue weighted by Crippen LogP contribution is 2.36. The Kier molecular flexibility index (Phi) is 5.14. The van der Waals surface area contributed by atoms with Crippen LogP contribution in [0.1, 0.15) is 0 Å². The smallest absolute Gasteiger partial charge is 0.266 e. The third-order valence-corrected chi connectivity index (χ3v) is 6.66. The van der Waals surface area contributed by atoms with Crippen molar-refractivity contribution in [3.63, 3.8) is 0 Å². The molecule has 0 fully saturated rings. The molecule has 0 atom stereocenters. The molecule has 0 amide bonds. The van der Waals surface area contributed by atoms with Gasteiger partial charge in [0.25, 0.3) is 10.0 Å². The molecule has 8 heteroatoms. The van der Waals surface area contributed by atoms with Gasteiger partial charge in [0.1, 0.15) is 16.5 Å². The Morgan fingerprint density at radius 1 is 1.14 bits per heavy atom. The van der Waals surface area contributed by atoms with Crippen LogP contribution in [-0.2, 0) is 10.0 Å². The summed E-state index contributed by atoms with van der Waals surface area (Å²) in [6.45, 7) is 0. The van der Waals surface area contributed by atoms with Crippen molar-refractivity contribution in [1.82, 2.24) is 0 Å². The van der Waals surface area contributed by atoms with E-state index in [1.165, 1.54) is 14.2 Å². The predicted molar refractivity (Wildman–Crippen MR) is 90.4 cm³/mol. The normalized spacial score (nSPS) is 11.3. The van der Waals surface area contributed by atoms with Gasteiger partial charge in [-0.3, -0.25) is 4.31 Å². The van der Waals surface area contributed by atoms with Crippen LogP contribution in [-0.4, -0.2) is 22.6 Å². The Labute approximate surface area is 145 Å². The van der Waals surface area contributed by atoms with E-state index in [4.69, 9.17) is 4.74 Å². The van der Waals surface area contributed by atoms with Crippen molar-refractivity contribution in [3.8, 4) is 5.75 Å². The monoisotopic (exact) mass is 451 g/mol. The molecule has 0 aliphatic rings.